The minimum atomic E-state index is -0.223. The van der Waals surface area contributed by atoms with Crippen molar-refractivity contribution >= 4 is 39.5 Å². The van der Waals surface area contributed by atoms with Gasteiger partial charge in [0.2, 0.25) is 5.91 Å². The van der Waals surface area contributed by atoms with Gasteiger partial charge < -0.3 is 0 Å². The van der Waals surface area contributed by atoms with Crippen LogP contribution in [0.4, 0.5) is 0 Å². The third kappa shape index (κ3) is 2.49. The summed E-state index contributed by atoms with van der Waals surface area (Å²) < 4.78 is 1.84. The maximum Gasteiger partial charge on any atom is 0.244 e. The minimum Gasteiger partial charge on any atom is -0.279 e. The van der Waals surface area contributed by atoms with E-state index in [2.05, 4.69) is 17.1 Å². The Balaban J connectivity index is 1.81. The first-order valence-electron chi connectivity index (χ1n) is 7.86. The van der Waals surface area contributed by atoms with Gasteiger partial charge >= 0.3 is 0 Å². The van der Waals surface area contributed by atoms with E-state index in [1.165, 1.54) is 11.8 Å². The van der Waals surface area contributed by atoms with Crippen molar-refractivity contribution in [3.63, 3.8) is 0 Å². The van der Waals surface area contributed by atoms with Crippen molar-refractivity contribution in [2.75, 3.05) is 0 Å². The number of hydrogen-bond donors (Lipinski definition) is 0. The molecule has 118 valence electrons. The SMILES string of the molecule is C[C@H](Sc1ccccn1)C(=O)n1c2ccccc2c2ccccc21. The normalized spacial score (nSPS) is 12.5. The molecule has 2 aromatic carbocycles. The van der Waals surface area contributed by atoms with Gasteiger partial charge in [-0.2, -0.15) is 0 Å². The van der Waals surface area contributed by atoms with E-state index >= 15 is 0 Å². The quantitative estimate of drug-likeness (QED) is 0.495. The first-order valence-corrected chi connectivity index (χ1v) is 8.74. The fourth-order valence-corrected chi connectivity index (χ4v) is 3.84. The first kappa shape index (κ1) is 15.0. The highest BCUT2D eigenvalue weighted by atomic mass is 32.2. The van der Waals surface area contributed by atoms with Gasteiger partial charge in [-0.15, -0.1) is 0 Å². The molecule has 0 radical (unpaired) electrons. The summed E-state index contributed by atoms with van der Waals surface area (Å²) in [6, 6.07) is 21.9. The Kier molecular flexibility index (Phi) is 3.82. The number of para-hydroxylation sites is 2. The standard InChI is InChI=1S/C20H16N2OS/c1-14(24-19-12-6-7-13-21-19)20(23)22-17-10-4-2-8-15(17)16-9-3-5-11-18(16)22/h2-14H,1H3/t14-/m0/s1. The van der Waals surface area contributed by atoms with Gasteiger partial charge in [0, 0.05) is 17.0 Å². The van der Waals surface area contributed by atoms with Crippen LogP contribution in [0, 0.1) is 0 Å². The number of pyridine rings is 1. The summed E-state index contributed by atoms with van der Waals surface area (Å²) in [5, 5.41) is 2.85. The van der Waals surface area contributed by atoms with Crippen molar-refractivity contribution in [3.05, 3.63) is 72.9 Å². The zero-order chi connectivity index (χ0) is 16.5. The average Bonchev–Trinajstić information content (AvgIpc) is 2.96. The fourth-order valence-electron chi connectivity index (χ4n) is 2.99. The topological polar surface area (TPSA) is 34.9 Å². The van der Waals surface area contributed by atoms with Crippen molar-refractivity contribution in [1.29, 1.82) is 0 Å². The van der Waals surface area contributed by atoms with E-state index in [9.17, 15) is 4.79 Å². The molecule has 0 aliphatic carbocycles. The number of fused-ring (bicyclic) bond motifs is 3. The van der Waals surface area contributed by atoms with E-state index in [0.717, 1.165) is 26.8 Å². The average molecular weight is 332 g/mol. The third-order valence-corrected chi connectivity index (χ3v) is 5.12. The second-order valence-electron chi connectivity index (χ2n) is 5.64. The van der Waals surface area contributed by atoms with Crippen molar-refractivity contribution < 1.29 is 4.79 Å². The molecule has 0 spiro atoms. The molecule has 0 N–H and O–H groups in total. The molecule has 1 atom stereocenters. The minimum absolute atomic E-state index is 0.0723. The summed E-state index contributed by atoms with van der Waals surface area (Å²) in [6.45, 7) is 1.94. The van der Waals surface area contributed by atoms with Gasteiger partial charge in [0.25, 0.3) is 0 Å². The van der Waals surface area contributed by atoms with E-state index < -0.39 is 0 Å². The highest BCUT2D eigenvalue weighted by Gasteiger charge is 2.21. The molecule has 0 amide bonds. The van der Waals surface area contributed by atoms with Gasteiger partial charge in [0.1, 0.15) is 0 Å². The van der Waals surface area contributed by atoms with Crippen LogP contribution in [0.2, 0.25) is 0 Å². The highest BCUT2D eigenvalue weighted by molar-refractivity contribution is 8.00. The van der Waals surface area contributed by atoms with E-state index in [1.54, 1.807) is 6.20 Å². The monoisotopic (exact) mass is 332 g/mol. The summed E-state index contributed by atoms with van der Waals surface area (Å²) >= 11 is 1.49. The van der Waals surface area contributed by atoms with Gasteiger partial charge in [-0.1, -0.05) is 54.2 Å². The molecule has 0 fully saturated rings. The van der Waals surface area contributed by atoms with Crippen LogP contribution in [0.5, 0.6) is 0 Å². The molecule has 3 nitrogen and oxygen atoms in total. The first-order chi connectivity index (χ1) is 11.8. The molecule has 0 saturated carbocycles. The third-order valence-electron chi connectivity index (χ3n) is 4.08. The molecular formula is C20H16N2OS. The number of hydrogen-bond acceptors (Lipinski definition) is 3. The lowest BCUT2D eigenvalue weighted by Gasteiger charge is -2.12. The van der Waals surface area contributed by atoms with Crippen molar-refractivity contribution in [1.82, 2.24) is 9.55 Å². The lowest BCUT2D eigenvalue weighted by atomic mass is 10.2. The van der Waals surface area contributed by atoms with Crippen molar-refractivity contribution in [2.45, 2.75) is 17.2 Å². The van der Waals surface area contributed by atoms with E-state index in [-0.39, 0.29) is 11.2 Å². The molecule has 0 bridgehead atoms. The Morgan fingerprint density at radius 3 is 2.08 bits per heavy atom. The molecule has 0 aliphatic heterocycles. The smallest absolute Gasteiger partial charge is 0.244 e. The Morgan fingerprint density at radius 2 is 1.50 bits per heavy atom. The second kappa shape index (κ2) is 6.13. The Hall–Kier alpha value is -2.59. The Morgan fingerprint density at radius 1 is 0.917 bits per heavy atom. The summed E-state index contributed by atoms with van der Waals surface area (Å²) in [5.74, 6) is 0.0723. The molecule has 4 rings (SSSR count). The second-order valence-corrected chi connectivity index (χ2v) is 7.00. The summed E-state index contributed by atoms with van der Waals surface area (Å²) in [7, 11) is 0. The van der Waals surface area contributed by atoms with Gasteiger partial charge in [-0.05, 0) is 31.2 Å². The molecule has 4 heteroatoms. The molecule has 0 unspecified atom stereocenters. The zero-order valence-electron chi connectivity index (χ0n) is 13.2. The van der Waals surface area contributed by atoms with E-state index in [1.807, 2.05) is 66.1 Å². The Labute approximate surface area is 144 Å². The van der Waals surface area contributed by atoms with Crippen molar-refractivity contribution in [3.8, 4) is 0 Å². The highest BCUT2D eigenvalue weighted by Crippen LogP contribution is 2.31. The number of benzene rings is 2. The summed E-state index contributed by atoms with van der Waals surface area (Å²) in [5.41, 5.74) is 1.91. The van der Waals surface area contributed by atoms with Crippen LogP contribution in [0.1, 0.15) is 11.7 Å². The van der Waals surface area contributed by atoms with Crippen LogP contribution in [0.15, 0.2) is 78.0 Å². The summed E-state index contributed by atoms with van der Waals surface area (Å²) in [4.78, 5) is 17.5. The zero-order valence-corrected chi connectivity index (χ0v) is 14.0. The molecule has 2 aromatic heterocycles. The van der Waals surface area contributed by atoms with Crippen LogP contribution < -0.4 is 0 Å². The Bertz CT molecular complexity index is 970. The largest absolute Gasteiger partial charge is 0.279 e. The molecule has 4 aromatic rings. The summed E-state index contributed by atoms with van der Waals surface area (Å²) in [6.07, 6.45) is 1.75. The lowest BCUT2D eigenvalue weighted by molar-refractivity contribution is 0.0925. The number of aromatic nitrogens is 2. The van der Waals surface area contributed by atoms with Crippen LogP contribution in [0.25, 0.3) is 21.8 Å². The number of carbonyl (C=O) groups excluding carboxylic acids is 1. The molecule has 24 heavy (non-hydrogen) atoms. The van der Waals surface area contributed by atoms with Crippen LogP contribution in [-0.2, 0) is 0 Å². The van der Waals surface area contributed by atoms with Gasteiger partial charge in [-0.3, -0.25) is 9.36 Å². The predicted molar refractivity (Wildman–Crippen MR) is 99.6 cm³/mol. The van der Waals surface area contributed by atoms with E-state index in [4.69, 9.17) is 0 Å². The lowest BCUT2D eigenvalue weighted by Crippen LogP contribution is -2.21. The van der Waals surface area contributed by atoms with Crippen LogP contribution in [0.3, 0.4) is 0 Å². The van der Waals surface area contributed by atoms with Crippen LogP contribution >= 0.6 is 11.8 Å². The van der Waals surface area contributed by atoms with Gasteiger partial charge in [0.15, 0.2) is 0 Å². The molecular weight excluding hydrogens is 316 g/mol. The fraction of sp³-hybridized carbons (Fsp3) is 0.100. The van der Waals surface area contributed by atoms with Gasteiger partial charge in [-0.25, -0.2) is 4.98 Å². The number of nitrogens with zero attached hydrogens (tertiary/aromatic N) is 2. The van der Waals surface area contributed by atoms with Crippen molar-refractivity contribution in [2.24, 2.45) is 0 Å². The number of thioether (sulfide) groups is 1. The molecule has 2 heterocycles. The molecule has 0 aliphatic rings. The maximum absolute atomic E-state index is 13.2. The predicted octanol–water partition coefficient (Wildman–Crippen LogP) is 5.01. The number of rotatable bonds is 3. The van der Waals surface area contributed by atoms with Crippen LogP contribution in [-0.4, -0.2) is 20.7 Å². The van der Waals surface area contributed by atoms with E-state index in [0.29, 0.717) is 0 Å². The number of carbonyl (C=O) groups is 1. The molecule has 0 saturated heterocycles. The van der Waals surface area contributed by atoms with Gasteiger partial charge in [0.05, 0.1) is 21.3 Å². The maximum atomic E-state index is 13.2.